The highest BCUT2D eigenvalue weighted by molar-refractivity contribution is 6.74. The molecule has 0 aliphatic carbocycles. The highest BCUT2D eigenvalue weighted by Gasteiger charge is 2.63. The van der Waals surface area contributed by atoms with E-state index in [1.165, 1.54) is 11.0 Å². The van der Waals surface area contributed by atoms with Crippen molar-refractivity contribution in [3.63, 3.8) is 0 Å². The van der Waals surface area contributed by atoms with Crippen LogP contribution in [0, 0.1) is 5.41 Å². The highest BCUT2D eigenvalue weighted by Crippen LogP contribution is 2.45. The molecule has 0 aromatic carbocycles. The predicted molar refractivity (Wildman–Crippen MR) is 123 cm³/mol. The fraction of sp³-hybridized carbons (Fsp3) is 0.696. The van der Waals surface area contributed by atoms with E-state index in [2.05, 4.69) is 47.0 Å². The van der Waals surface area contributed by atoms with E-state index in [0.29, 0.717) is 0 Å². The number of allylic oxidation sites excluding steroid dienone is 1. The van der Waals surface area contributed by atoms with E-state index in [4.69, 9.17) is 13.9 Å². The molecule has 0 aromatic rings. The molecule has 0 bridgehead atoms. The van der Waals surface area contributed by atoms with Crippen molar-refractivity contribution in [2.75, 3.05) is 19.8 Å². The van der Waals surface area contributed by atoms with Crippen molar-refractivity contribution >= 4 is 26.2 Å². The number of amides is 1. The van der Waals surface area contributed by atoms with Crippen LogP contribution in [0.1, 0.15) is 47.5 Å². The molecule has 0 unspecified atom stereocenters. The van der Waals surface area contributed by atoms with Crippen LogP contribution in [0.5, 0.6) is 0 Å². The molecule has 1 saturated heterocycles. The van der Waals surface area contributed by atoms with Crippen molar-refractivity contribution < 1.29 is 28.3 Å². The van der Waals surface area contributed by atoms with Crippen LogP contribution < -0.4 is 0 Å². The standard InChI is InChI=1S/C23H39NO6Si/c1-10-14-23(20(26)28-12-3,21(27)29-13-4)19-17(16-18(25)24(19)15-11-2)30-31(8,9)22(5,6)7/h10-11,17,19H,1-2,12-16H2,3-9H3/t17-,19+/m1/s1. The molecule has 1 fully saturated rings. The van der Waals surface area contributed by atoms with E-state index in [9.17, 15) is 14.4 Å². The molecule has 1 aliphatic heterocycles. The average molecular weight is 454 g/mol. The van der Waals surface area contributed by atoms with Gasteiger partial charge in [0.15, 0.2) is 13.7 Å². The first-order valence-corrected chi connectivity index (χ1v) is 13.8. The van der Waals surface area contributed by atoms with Gasteiger partial charge in [-0.15, -0.1) is 13.2 Å². The summed E-state index contributed by atoms with van der Waals surface area (Å²) in [5.74, 6) is -1.66. The van der Waals surface area contributed by atoms with Gasteiger partial charge in [0.1, 0.15) is 0 Å². The van der Waals surface area contributed by atoms with Crippen molar-refractivity contribution in [2.24, 2.45) is 5.41 Å². The Morgan fingerprint density at radius 3 is 2.00 bits per heavy atom. The predicted octanol–water partition coefficient (Wildman–Crippen LogP) is 3.85. The zero-order chi connectivity index (χ0) is 24.0. The van der Waals surface area contributed by atoms with E-state index < -0.39 is 37.8 Å². The minimum Gasteiger partial charge on any atom is -0.465 e. The minimum atomic E-state index is -2.34. The third-order valence-corrected chi connectivity index (χ3v) is 10.7. The van der Waals surface area contributed by atoms with Crippen LogP contribution in [-0.4, -0.2) is 63.0 Å². The summed E-state index contributed by atoms with van der Waals surface area (Å²) in [5.41, 5.74) is -1.77. The first-order valence-electron chi connectivity index (χ1n) is 10.9. The van der Waals surface area contributed by atoms with Gasteiger partial charge >= 0.3 is 11.9 Å². The van der Waals surface area contributed by atoms with Crippen molar-refractivity contribution in [2.45, 2.75) is 77.7 Å². The van der Waals surface area contributed by atoms with Crippen LogP contribution in [0.3, 0.4) is 0 Å². The van der Waals surface area contributed by atoms with Crippen molar-refractivity contribution in [3.05, 3.63) is 25.3 Å². The fourth-order valence-corrected chi connectivity index (χ4v) is 5.04. The van der Waals surface area contributed by atoms with Gasteiger partial charge in [0.25, 0.3) is 0 Å². The topological polar surface area (TPSA) is 82.1 Å². The zero-order valence-corrected chi connectivity index (χ0v) is 21.2. The molecule has 0 aromatic heterocycles. The first-order chi connectivity index (χ1) is 14.3. The number of ether oxygens (including phenoxy) is 2. The summed E-state index contributed by atoms with van der Waals surface area (Å²) in [6, 6.07) is -0.886. The Labute approximate surface area is 187 Å². The SMILES string of the molecule is C=CCN1C(=O)C[C@@H](O[Si](C)(C)C(C)(C)C)[C@H]1C(CC=C)(C(=O)OCC)C(=O)OCC. The lowest BCUT2D eigenvalue weighted by molar-refractivity contribution is -0.179. The first kappa shape index (κ1) is 27.1. The molecule has 7 nitrogen and oxygen atoms in total. The highest BCUT2D eigenvalue weighted by atomic mass is 28.4. The second-order valence-corrected chi connectivity index (χ2v) is 14.1. The van der Waals surface area contributed by atoms with Gasteiger partial charge in [0, 0.05) is 6.54 Å². The Hall–Kier alpha value is -1.93. The van der Waals surface area contributed by atoms with Gasteiger partial charge in [-0.05, 0) is 38.4 Å². The third kappa shape index (κ3) is 5.47. The summed E-state index contributed by atoms with van der Waals surface area (Å²) in [7, 11) is -2.34. The molecule has 0 spiro atoms. The lowest BCUT2D eigenvalue weighted by atomic mass is 9.74. The molecule has 8 heteroatoms. The van der Waals surface area contributed by atoms with Crippen LogP contribution >= 0.6 is 0 Å². The lowest BCUT2D eigenvalue weighted by Gasteiger charge is -2.44. The molecule has 2 atom stereocenters. The second-order valence-electron chi connectivity index (χ2n) is 9.31. The molecule has 0 radical (unpaired) electrons. The van der Waals surface area contributed by atoms with Crippen LogP contribution in [0.25, 0.3) is 0 Å². The van der Waals surface area contributed by atoms with E-state index in [0.717, 1.165) is 0 Å². The van der Waals surface area contributed by atoms with Crippen LogP contribution in [0.2, 0.25) is 18.1 Å². The largest absolute Gasteiger partial charge is 0.465 e. The number of hydrogen-bond acceptors (Lipinski definition) is 6. The van der Waals surface area contributed by atoms with Crippen molar-refractivity contribution in [1.29, 1.82) is 0 Å². The van der Waals surface area contributed by atoms with Gasteiger partial charge in [-0.3, -0.25) is 14.4 Å². The molecule has 176 valence electrons. The summed E-state index contributed by atoms with van der Waals surface area (Å²) in [6.45, 7) is 21.7. The van der Waals surface area contributed by atoms with Crippen LogP contribution in [0.15, 0.2) is 25.3 Å². The van der Waals surface area contributed by atoms with Gasteiger partial charge in [-0.2, -0.15) is 0 Å². The Morgan fingerprint density at radius 1 is 1.10 bits per heavy atom. The monoisotopic (exact) mass is 453 g/mol. The maximum absolute atomic E-state index is 13.3. The van der Waals surface area contributed by atoms with E-state index in [-0.39, 0.29) is 43.5 Å². The number of likely N-dealkylation sites (tertiary alicyclic amines) is 1. The zero-order valence-electron chi connectivity index (χ0n) is 20.2. The van der Waals surface area contributed by atoms with Gasteiger partial charge in [-0.25, -0.2) is 0 Å². The Balaban J connectivity index is 3.72. The Kier molecular flexibility index (Phi) is 9.26. The quantitative estimate of drug-likeness (QED) is 0.205. The number of nitrogens with zero attached hydrogens (tertiary/aromatic N) is 1. The summed E-state index contributed by atoms with van der Waals surface area (Å²) >= 11 is 0. The molecular formula is C23H39NO6Si. The van der Waals surface area contributed by atoms with E-state index >= 15 is 0 Å². The lowest BCUT2D eigenvalue weighted by Crippen LogP contribution is -2.61. The number of carbonyl (C=O) groups excluding carboxylic acids is 3. The summed E-state index contributed by atoms with van der Waals surface area (Å²) in [5, 5.41) is -0.124. The number of hydrogen-bond donors (Lipinski definition) is 0. The summed E-state index contributed by atoms with van der Waals surface area (Å²) < 4.78 is 17.3. The fourth-order valence-electron chi connectivity index (χ4n) is 3.72. The van der Waals surface area contributed by atoms with Gasteiger partial charge in [0.2, 0.25) is 5.91 Å². The molecule has 1 aliphatic rings. The van der Waals surface area contributed by atoms with Crippen molar-refractivity contribution in [3.8, 4) is 0 Å². The van der Waals surface area contributed by atoms with Crippen LogP contribution in [0.4, 0.5) is 0 Å². The average Bonchev–Trinajstić information content (AvgIpc) is 2.94. The van der Waals surface area contributed by atoms with Crippen LogP contribution in [-0.2, 0) is 28.3 Å². The normalized spacial score (nSPS) is 19.8. The summed E-state index contributed by atoms with van der Waals surface area (Å²) in [6.07, 6.45) is 2.44. The number of rotatable bonds is 11. The maximum atomic E-state index is 13.3. The molecule has 0 saturated carbocycles. The molecule has 1 amide bonds. The molecule has 1 rings (SSSR count). The van der Waals surface area contributed by atoms with Gasteiger partial charge in [0.05, 0.1) is 31.8 Å². The van der Waals surface area contributed by atoms with E-state index in [1.54, 1.807) is 19.9 Å². The van der Waals surface area contributed by atoms with E-state index in [1.807, 2.05) is 0 Å². The number of carbonyl (C=O) groups is 3. The minimum absolute atomic E-state index is 0.0341. The van der Waals surface area contributed by atoms with Gasteiger partial charge < -0.3 is 18.8 Å². The molecule has 31 heavy (non-hydrogen) atoms. The molecule has 0 N–H and O–H groups in total. The Bertz CT molecular complexity index is 679. The Morgan fingerprint density at radius 2 is 1.61 bits per heavy atom. The summed E-state index contributed by atoms with van der Waals surface area (Å²) in [4.78, 5) is 41.2. The molecule has 1 heterocycles. The number of esters is 2. The third-order valence-electron chi connectivity index (χ3n) is 6.21. The smallest absolute Gasteiger partial charge is 0.326 e. The molecular weight excluding hydrogens is 414 g/mol. The van der Waals surface area contributed by atoms with Crippen molar-refractivity contribution in [1.82, 2.24) is 4.90 Å². The van der Waals surface area contributed by atoms with Gasteiger partial charge in [-0.1, -0.05) is 32.9 Å². The maximum Gasteiger partial charge on any atom is 0.326 e. The second kappa shape index (κ2) is 10.6.